The van der Waals surface area contributed by atoms with E-state index in [4.69, 9.17) is 4.98 Å². The Kier molecular flexibility index (Phi) is 5.30. The van der Waals surface area contributed by atoms with Crippen molar-refractivity contribution in [3.05, 3.63) is 108 Å². The van der Waals surface area contributed by atoms with Gasteiger partial charge in [0, 0.05) is 34.6 Å². The smallest absolute Gasteiger partial charge is 0.135 e. The van der Waals surface area contributed by atoms with Crippen molar-refractivity contribution >= 4 is 44.7 Å². The Balaban J connectivity index is 1.25. The monoisotopic (exact) mass is 511 g/mol. The van der Waals surface area contributed by atoms with E-state index in [2.05, 4.69) is 59.9 Å². The SMILES string of the molecule is C=C(Nc1cncc(-c2ccc3[nH]nc(-c4cc5c(-c6ccsc6)cncc5[nH]4)c3n2)c1)c1ccccc1. The fourth-order valence-corrected chi connectivity index (χ4v) is 5.26. The molecule has 0 amide bonds. The summed E-state index contributed by atoms with van der Waals surface area (Å²) in [6.07, 6.45) is 7.34. The number of thiophene rings is 1. The number of nitrogens with one attached hydrogen (secondary N) is 3. The van der Waals surface area contributed by atoms with Gasteiger partial charge in [0.15, 0.2) is 0 Å². The van der Waals surface area contributed by atoms with E-state index in [0.717, 1.165) is 72.7 Å². The second kappa shape index (κ2) is 9.10. The zero-order valence-electron chi connectivity index (χ0n) is 20.1. The number of rotatable bonds is 6. The number of hydrogen-bond donors (Lipinski definition) is 3. The highest BCUT2D eigenvalue weighted by Gasteiger charge is 2.16. The Hall–Kier alpha value is -5.08. The lowest BCUT2D eigenvalue weighted by Crippen LogP contribution is -1.98. The minimum absolute atomic E-state index is 0.758. The normalized spacial score (nSPS) is 11.3. The molecule has 0 atom stereocenters. The van der Waals surface area contributed by atoms with Crippen molar-refractivity contribution in [2.24, 2.45) is 0 Å². The van der Waals surface area contributed by atoms with Crippen LogP contribution in [0.15, 0.2) is 103 Å². The Bertz CT molecular complexity index is 1920. The summed E-state index contributed by atoms with van der Waals surface area (Å²) in [5.41, 5.74) is 10.9. The maximum absolute atomic E-state index is 4.98. The average molecular weight is 512 g/mol. The number of aromatic amines is 2. The molecule has 7 rings (SSSR count). The van der Waals surface area contributed by atoms with Crippen LogP contribution < -0.4 is 5.32 Å². The molecule has 8 heteroatoms. The molecular formula is C30H21N7S. The number of aromatic nitrogens is 6. The molecule has 0 spiro atoms. The zero-order chi connectivity index (χ0) is 25.5. The van der Waals surface area contributed by atoms with Gasteiger partial charge in [-0.2, -0.15) is 16.4 Å². The van der Waals surface area contributed by atoms with Gasteiger partial charge in [-0.25, -0.2) is 4.98 Å². The van der Waals surface area contributed by atoms with E-state index in [1.54, 1.807) is 17.5 Å². The van der Waals surface area contributed by atoms with Gasteiger partial charge in [0.25, 0.3) is 0 Å². The van der Waals surface area contributed by atoms with E-state index in [9.17, 15) is 0 Å². The maximum atomic E-state index is 4.98. The minimum atomic E-state index is 0.758. The number of pyridine rings is 3. The number of benzene rings is 1. The van der Waals surface area contributed by atoms with E-state index in [1.165, 1.54) is 0 Å². The van der Waals surface area contributed by atoms with Gasteiger partial charge in [0.05, 0.1) is 40.5 Å². The molecule has 182 valence electrons. The topological polar surface area (TPSA) is 95.2 Å². The highest BCUT2D eigenvalue weighted by Crippen LogP contribution is 2.34. The first kappa shape index (κ1) is 22.1. The number of hydrogen-bond acceptors (Lipinski definition) is 6. The minimum Gasteiger partial charge on any atom is -0.354 e. The van der Waals surface area contributed by atoms with E-state index in [0.29, 0.717) is 0 Å². The fourth-order valence-electron chi connectivity index (χ4n) is 4.61. The third kappa shape index (κ3) is 3.93. The lowest BCUT2D eigenvalue weighted by atomic mass is 10.1. The summed E-state index contributed by atoms with van der Waals surface area (Å²) in [4.78, 5) is 17.3. The van der Waals surface area contributed by atoms with Crippen LogP contribution in [-0.4, -0.2) is 30.1 Å². The van der Waals surface area contributed by atoms with Crippen LogP contribution in [0.1, 0.15) is 5.56 Å². The molecular weight excluding hydrogens is 490 g/mol. The van der Waals surface area contributed by atoms with Crippen molar-refractivity contribution in [3.8, 4) is 33.8 Å². The molecule has 1 aromatic carbocycles. The molecule has 0 unspecified atom stereocenters. The molecule has 7 nitrogen and oxygen atoms in total. The molecule has 38 heavy (non-hydrogen) atoms. The first-order valence-corrected chi connectivity index (χ1v) is 13.0. The van der Waals surface area contributed by atoms with Crippen LogP contribution in [0.5, 0.6) is 0 Å². The zero-order valence-corrected chi connectivity index (χ0v) is 21.0. The molecule has 0 aliphatic rings. The molecule has 6 aromatic heterocycles. The molecule has 7 aromatic rings. The molecule has 0 bridgehead atoms. The number of anilines is 1. The van der Waals surface area contributed by atoms with Crippen LogP contribution in [0.3, 0.4) is 0 Å². The third-order valence-electron chi connectivity index (χ3n) is 6.49. The maximum Gasteiger partial charge on any atom is 0.135 e. The van der Waals surface area contributed by atoms with Gasteiger partial charge in [0.2, 0.25) is 0 Å². The fraction of sp³-hybridized carbons (Fsp3) is 0. The predicted molar refractivity (Wildman–Crippen MR) is 155 cm³/mol. The second-order valence-electron chi connectivity index (χ2n) is 8.94. The molecule has 0 radical (unpaired) electrons. The van der Waals surface area contributed by atoms with Gasteiger partial charge in [-0.1, -0.05) is 36.9 Å². The van der Waals surface area contributed by atoms with Crippen molar-refractivity contribution in [1.82, 2.24) is 30.1 Å². The Morgan fingerprint density at radius 2 is 1.76 bits per heavy atom. The summed E-state index contributed by atoms with van der Waals surface area (Å²) >= 11 is 1.67. The largest absolute Gasteiger partial charge is 0.354 e. The van der Waals surface area contributed by atoms with E-state index in [-0.39, 0.29) is 0 Å². The molecule has 0 fully saturated rings. The Labute approximate surface area is 222 Å². The summed E-state index contributed by atoms with van der Waals surface area (Å²) in [5, 5.41) is 16.4. The van der Waals surface area contributed by atoms with Crippen molar-refractivity contribution in [2.45, 2.75) is 0 Å². The number of H-pyrrole nitrogens is 2. The molecule has 6 heterocycles. The van der Waals surface area contributed by atoms with Gasteiger partial charge < -0.3 is 10.3 Å². The van der Waals surface area contributed by atoms with E-state index >= 15 is 0 Å². The van der Waals surface area contributed by atoms with Gasteiger partial charge >= 0.3 is 0 Å². The van der Waals surface area contributed by atoms with Crippen LogP contribution >= 0.6 is 11.3 Å². The first-order chi connectivity index (χ1) is 18.7. The first-order valence-electron chi connectivity index (χ1n) is 12.0. The number of fused-ring (bicyclic) bond motifs is 2. The van der Waals surface area contributed by atoms with Gasteiger partial charge in [-0.15, -0.1) is 0 Å². The predicted octanol–water partition coefficient (Wildman–Crippen LogP) is 7.37. The molecule has 0 aliphatic heterocycles. The van der Waals surface area contributed by atoms with Gasteiger partial charge in [0.1, 0.15) is 11.2 Å². The van der Waals surface area contributed by atoms with Crippen LogP contribution in [0.25, 0.3) is 61.4 Å². The van der Waals surface area contributed by atoms with E-state index in [1.807, 2.05) is 67.1 Å². The van der Waals surface area contributed by atoms with Crippen molar-refractivity contribution in [3.63, 3.8) is 0 Å². The average Bonchev–Trinajstić information content (AvgIpc) is 3.73. The highest BCUT2D eigenvalue weighted by molar-refractivity contribution is 7.08. The Morgan fingerprint density at radius 3 is 2.63 bits per heavy atom. The summed E-state index contributed by atoms with van der Waals surface area (Å²) in [6.45, 7) is 4.17. The lowest BCUT2D eigenvalue weighted by Gasteiger charge is -2.10. The van der Waals surface area contributed by atoms with Crippen molar-refractivity contribution in [2.75, 3.05) is 5.32 Å². The summed E-state index contributed by atoms with van der Waals surface area (Å²) in [6, 6.07) is 20.2. The second-order valence-corrected chi connectivity index (χ2v) is 9.72. The molecule has 0 saturated carbocycles. The van der Waals surface area contributed by atoms with Crippen LogP contribution in [0, 0.1) is 0 Å². The summed E-state index contributed by atoms with van der Waals surface area (Å²) in [5.74, 6) is 0. The van der Waals surface area contributed by atoms with Crippen LogP contribution in [0.4, 0.5) is 5.69 Å². The van der Waals surface area contributed by atoms with Gasteiger partial charge in [-0.05, 0) is 52.2 Å². The standard InChI is InChI=1S/C30H21N7S/c1-18(19-5-3-2-4-6-19)33-22-11-21(13-31-14-22)25-7-8-26-29(35-25)30(37-36-26)27-12-23-24(20-9-10-38-17-20)15-32-16-28(23)34-27/h2-17,33-34H,1H2,(H,36,37). The Morgan fingerprint density at radius 1 is 0.868 bits per heavy atom. The third-order valence-corrected chi connectivity index (χ3v) is 7.18. The van der Waals surface area contributed by atoms with Gasteiger partial charge in [-0.3, -0.25) is 15.1 Å². The number of nitrogens with zero attached hydrogens (tertiary/aromatic N) is 4. The molecule has 0 aliphatic carbocycles. The highest BCUT2D eigenvalue weighted by atomic mass is 32.1. The van der Waals surface area contributed by atoms with Crippen molar-refractivity contribution < 1.29 is 0 Å². The van der Waals surface area contributed by atoms with E-state index < -0.39 is 0 Å². The molecule has 3 N–H and O–H groups in total. The molecule has 0 saturated heterocycles. The van der Waals surface area contributed by atoms with Crippen LogP contribution in [-0.2, 0) is 0 Å². The summed E-state index contributed by atoms with van der Waals surface area (Å²) < 4.78 is 0. The van der Waals surface area contributed by atoms with Crippen molar-refractivity contribution in [1.29, 1.82) is 0 Å². The van der Waals surface area contributed by atoms with Crippen LogP contribution in [0.2, 0.25) is 0 Å². The quantitative estimate of drug-likeness (QED) is 0.217. The lowest BCUT2D eigenvalue weighted by molar-refractivity contribution is 1.12. The summed E-state index contributed by atoms with van der Waals surface area (Å²) in [7, 11) is 0.